The third-order valence-electron chi connectivity index (χ3n) is 3.75. The van der Waals surface area contributed by atoms with Crippen LogP contribution >= 0.6 is 28.3 Å². The van der Waals surface area contributed by atoms with Gasteiger partial charge in [0.2, 0.25) is 5.91 Å². The minimum absolute atomic E-state index is 0. The predicted molar refractivity (Wildman–Crippen MR) is 91.6 cm³/mol. The topological polar surface area (TPSA) is 58.4 Å². The molecule has 1 heterocycles. The summed E-state index contributed by atoms with van der Waals surface area (Å²) in [5, 5.41) is 3.05. The fraction of sp³-hybridized carbons (Fsp3) is 0.533. The van der Waals surface area contributed by atoms with Gasteiger partial charge in [0.25, 0.3) is 0 Å². The Morgan fingerprint density at radius 1 is 1.38 bits per heavy atom. The van der Waals surface area contributed by atoms with Crippen molar-refractivity contribution in [3.8, 4) is 0 Å². The molecule has 1 unspecified atom stereocenters. The van der Waals surface area contributed by atoms with Crippen molar-refractivity contribution in [2.75, 3.05) is 19.6 Å². The molecule has 3 N–H and O–H groups in total. The van der Waals surface area contributed by atoms with Crippen LogP contribution in [0, 0.1) is 0 Å². The zero-order valence-corrected chi connectivity index (χ0v) is 14.6. The number of nitrogens with one attached hydrogen (secondary N) is 1. The molecule has 2 rings (SSSR count). The summed E-state index contributed by atoms with van der Waals surface area (Å²) in [7, 11) is 0. The summed E-state index contributed by atoms with van der Waals surface area (Å²) >= 11 is 3.41. The van der Waals surface area contributed by atoms with Gasteiger partial charge in [0.15, 0.2) is 0 Å². The van der Waals surface area contributed by atoms with Crippen molar-refractivity contribution < 1.29 is 4.79 Å². The van der Waals surface area contributed by atoms with Crippen LogP contribution in [0.2, 0.25) is 0 Å². The number of amides is 1. The quantitative estimate of drug-likeness (QED) is 0.849. The summed E-state index contributed by atoms with van der Waals surface area (Å²) in [6.07, 6.45) is 1.96. The van der Waals surface area contributed by atoms with E-state index in [4.69, 9.17) is 5.73 Å². The van der Waals surface area contributed by atoms with Gasteiger partial charge in [-0.05, 0) is 37.5 Å². The number of hydrogen-bond acceptors (Lipinski definition) is 3. The van der Waals surface area contributed by atoms with Crippen molar-refractivity contribution in [2.45, 2.75) is 31.8 Å². The second-order valence-corrected chi connectivity index (χ2v) is 6.37. The summed E-state index contributed by atoms with van der Waals surface area (Å²) in [6.45, 7) is 4.31. The molecule has 1 saturated heterocycles. The highest BCUT2D eigenvalue weighted by Gasteiger charge is 2.19. The molecule has 1 fully saturated rings. The zero-order chi connectivity index (χ0) is 14.5. The fourth-order valence-corrected chi connectivity index (χ4v) is 2.70. The minimum Gasteiger partial charge on any atom is -0.348 e. The van der Waals surface area contributed by atoms with Crippen molar-refractivity contribution in [1.29, 1.82) is 0 Å². The number of nitrogens with two attached hydrogens (primary N) is 1. The Morgan fingerprint density at radius 2 is 1.95 bits per heavy atom. The Balaban J connectivity index is 0.00000220. The molecule has 1 aliphatic heterocycles. The Bertz CT molecular complexity index is 447. The normalized spacial score (nSPS) is 17.9. The second-order valence-electron chi connectivity index (χ2n) is 5.45. The van der Waals surface area contributed by atoms with E-state index < -0.39 is 0 Å². The van der Waals surface area contributed by atoms with Crippen LogP contribution in [0.3, 0.4) is 0 Å². The van der Waals surface area contributed by atoms with Crippen molar-refractivity contribution in [3.63, 3.8) is 0 Å². The summed E-state index contributed by atoms with van der Waals surface area (Å²) in [4.78, 5) is 14.2. The van der Waals surface area contributed by atoms with Gasteiger partial charge in [0.1, 0.15) is 0 Å². The lowest BCUT2D eigenvalue weighted by atomic mass is 10.1. The maximum Gasteiger partial charge on any atom is 0.234 e. The minimum atomic E-state index is 0. The van der Waals surface area contributed by atoms with Crippen molar-refractivity contribution in [1.82, 2.24) is 10.2 Å². The number of nitrogens with zero attached hydrogens (tertiary/aromatic N) is 1. The van der Waals surface area contributed by atoms with E-state index >= 15 is 0 Å². The van der Waals surface area contributed by atoms with E-state index in [0.29, 0.717) is 12.6 Å². The maximum absolute atomic E-state index is 12.1. The van der Waals surface area contributed by atoms with Gasteiger partial charge in [-0.3, -0.25) is 9.69 Å². The summed E-state index contributed by atoms with van der Waals surface area (Å²) in [5.74, 6) is 0.0795. The van der Waals surface area contributed by atoms with Crippen LogP contribution in [-0.4, -0.2) is 36.5 Å². The molecule has 0 aromatic heterocycles. The Hall–Kier alpha value is -0.620. The molecule has 21 heavy (non-hydrogen) atoms. The maximum atomic E-state index is 12.1. The van der Waals surface area contributed by atoms with Crippen LogP contribution in [0.5, 0.6) is 0 Å². The monoisotopic (exact) mass is 375 g/mol. The van der Waals surface area contributed by atoms with Gasteiger partial charge in [-0.1, -0.05) is 28.1 Å². The van der Waals surface area contributed by atoms with Crippen molar-refractivity contribution >= 4 is 34.2 Å². The predicted octanol–water partition coefficient (Wildman–Crippen LogP) is 2.47. The van der Waals surface area contributed by atoms with Crippen LogP contribution in [0.1, 0.15) is 31.4 Å². The number of rotatable bonds is 4. The smallest absolute Gasteiger partial charge is 0.234 e. The Labute approximate surface area is 141 Å². The van der Waals surface area contributed by atoms with Gasteiger partial charge in [-0.15, -0.1) is 12.4 Å². The molecule has 1 aromatic rings. The van der Waals surface area contributed by atoms with Gasteiger partial charge in [-0.2, -0.15) is 0 Å². The van der Waals surface area contributed by atoms with E-state index in [1.165, 1.54) is 0 Å². The van der Waals surface area contributed by atoms with E-state index in [-0.39, 0.29) is 24.4 Å². The Morgan fingerprint density at radius 3 is 2.52 bits per heavy atom. The molecule has 4 nitrogen and oxygen atoms in total. The van der Waals surface area contributed by atoms with Gasteiger partial charge >= 0.3 is 0 Å². The van der Waals surface area contributed by atoms with Gasteiger partial charge < -0.3 is 11.1 Å². The summed E-state index contributed by atoms with van der Waals surface area (Å²) in [5.41, 5.74) is 6.98. The fourth-order valence-electron chi connectivity index (χ4n) is 2.44. The SMILES string of the molecule is CC(NC(=O)CN1CCC(N)CC1)c1ccc(Br)cc1.Cl. The molecule has 0 saturated carbocycles. The molecular weight excluding hydrogens is 354 g/mol. The molecule has 1 aromatic carbocycles. The van der Waals surface area contributed by atoms with Gasteiger partial charge in [0, 0.05) is 23.6 Å². The number of piperidine rings is 1. The third-order valence-corrected chi connectivity index (χ3v) is 4.28. The second kappa shape index (κ2) is 8.73. The lowest BCUT2D eigenvalue weighted by molar-refractivity contribution is -0.123. The average molecular weight is 377 g/mol. The third kappa shape index (κ3) is 5.94. The highest BCUT2D eigenvalue weighted by molar-refractivity contribution is 9.10. The van der Waals surface area contributed by atoms with Crippen LogP contribution in [0.15, 0.2) is 28.7 Å². The van der Waals surface area contributed by atoms with Crippen LogP contribution in [0.4, 0.5) is 0 Å². The molecule has 1 amide bonds. The first kappa shape index (κ1) is 18.4. The van der Waals surface area contributed by atoms with E-state index in [1.54, 1.807) is 0 Å². The molecular formula is C15H23BrClN3O. The number of hydrogen-bond donors (Lipinski definition) is 2. The molecule has 118 valence electrons. The standard InChI is InChI=1S/C15H22BrN3O.ClH/c1-11(12-2-4-13(16)5-3-12)18-15(20)10-19-8-6-14(17)7-9-19;/h2-5,11,14H,6-10,17H2,1H3,(H,18,20);1H. The summed E-state index contributed by atoms with van der Waals surface area (Å²) < 4.78 is 1.05. The van der Waals surface area contributed by atoms with E-state index in [1.807, 2.05) is 31.2 Å². The lowest BCUT2D eigenvalue weighted by Gasteiger charge is -2.29. The Kier molecular flexibility index (Phi) is 7.66. The number of halogens is 2. The van der Waals surface area contributed by atoms with Gasteiger partial charge in [-0.25, -0.2) is 0 Å². The molecule has 0 radical (unpaired) electrons. The van der Waals surface area contributed by atoms with Crippen LogP contribution in [-0.2, 0) is 4.79 Å². The molecule has 1 atom stereocenters. The molecule has 1 aliphatic rings. The highest BCUT2D eigenvalue weighted by Crippen LogP contribution is 2.16. The molecule has 6 heteroatoms. The molecule has 0 aliphatic carbocycles. The largest absolute Gasteiger partial charge is 0.348 e. The number of carbonyl (C=O) groups is 1. The number of likely N-dealkylation sites (tertiary alicyclic amines) is 1. The van der Waals surface area contributed by atoms with Gasteiger partial charge in [0.05, 0.1) is 12.6 Å². The number of benzene rings is 1. The zero-order valence-electron chi connectivity index (χ0n) is 12.2. The highest BCUT2D eigenvalue weighted by atomic mass is 79.9. The first-order chi connectivity index (χ1) is 9.54. The first-order valence-electron chi connectivity index (χ1n) is 7.07. The summed E-state index contributed by atoms with van der Waals surface area (Å²) in [6, 6.07) is 8.36. The van der Waals surface area contributed by atoms with Crippen molar-refractivity contribution in [2.24, 2.45) is 5.73 Å². The molecule has 0 spiro atoms. The van der Waals surface area contributed by atoms with Crippen LogP contribution in [0.25, 0.3) is 0 Å². The van der Waals surface area contributed by atoms with E-state index in [9.17, 15) is 4.79 Å². The molecule has 0 bridgehead atoms. The van der Waals surface area contributed by atoms with Crippen molar-refractivity contribution in [3.05, 3.63) is 34.3 Å². The number of carbonyl (C=O) groups excluding carboxylic acids is 1. The first-order valence-corrected chi connectivity index (χ1v) is 7.86. The average Bonchev–Trinajstić information content (AvgIpc) is 2.42. The van der Waals surface area contributed by atoms with E-state index in [0.717, 1.165) is 36.0 Å². The lowest BCUT2D eigenvalue weighted by Crippen LogP contribution is -2.44. The van der Waals surface area contributed by atoms with E-state index in [2.05, 4.69) is 26.1 Å². The van der Waals surface area contributed by atoms with Crippen LogP contribution < -0.4 is 11.1 Å².